The Hall–Kier alpha value is -1.88. The van der Waals surface area contributed by atoms with Crippen LogP contribution in [0.4, 0.5) is 0 Å². The van der Waals surface area contributed by atoms with Gasteiger partial charge in [-0.05, 0) is 30.7 Å². The van der Waals surface area contributed by atoms with E-state index in [2.05, 4.69) is 17.4 Å². The topological polar surface area (TPSA) is 69.6 Å². The van der Waals surface area contributed by atoms with Crippen molar-refractivity contribution in [2.24, 2.45) is 5.92 Å². The van der Waals surface area contributed by atoms with Crippen molar-refractivity contribution in [2.75, 3.05) is 19.6 Å². The lowest BCUT2D eigenvalue weighted by Gasteiger charge is -2.26. The molecule has 3 atom stereocenters. The summed E-state index contributed by atoms with van der Waals surface area (Å²) < 4.78 is 0. The third kappa shape index (κ3) is 4.56. The van der Waals surface area contributed by atoms with E-state index in [1.165, 1.54) is 12.5 Å². The van der Waals surface area contributed by atoms with Crippen LogP contribution in [-0.2, 0) is 9.59 Å². The average Bonchev–Trinajstić information content (AvgIpc) is 3.25. The second-order valence-corrected chi connectivity index (χ2v) is 6.01. The molecule has 1 fully saturated rings. The van der Waals surface area contributed by atoms with Gasteiger partial charge in [0.15, 0.2) is 0 Å². The molecule has 0 spiro atoms. The van der Waals surface area contributed by atoms with Crippen molar-refractivity contribution in [2.45, 2.75) is 32.2 Å². The summed E-state index contributed by atoms with van der Waals surface area (Å²) >= 11 is 0. The first-order chi connectivity index (χ1) is 10.5. The van der Waals surface area contributed by atoms with Crippen molar-refractivity contribution in [3.63, 3.8) is 0 Å². The molecule has 22 heavy (non-hydrogen) atoms. The number of hydrogen-bond donors (Lipinski definition) is 2. The van der Waals surface area contributed by atoms with Crippen LogP contribution in [0.25, 0.3) is 0 Å². The number of carbonyl (C=O) groups is 2. The first kappa shape index (κ1) is 16.5. The van der Waals surface area contributed by atoms with Gasteiger partial charge in [0.2, 0.25) is 5.91 Å². The molecule has 5 heteroatoms. The van der Waals surface area contributed by atoms with E-state index in [0.717, 1.165) is 13.0 Å². The first-order valence-electron chi connectivity index (χ1n) is 7.75. The number of hydrogen-bond acceptors (Lipinski definition) is 3. The summed E-state index contributed by atoms with van der Waals surface area (Å²) in [5.41, 5.74) is 1.33. The smallest absolute Gasteiger partial charge is 0.320 e. The molecular formula is C17H24N2O3. The minimum absolute atomic E-state index is 0.0866. The molecule has 1 saturated carbocycles. The fraction of sp³-hybridized carbons (Fsp3) is 0.529. The molecule has 1 amide bonds. The molecule has 0 saturated heterocycles. The van der Waals surface area contributed by atoms with E-state index in [9.17, 15) is 14.7 Å². The Labute approximate surface area is 131 Å². The van der Waals surface area contributed by atoms with E-state index in [1.54, 1.807) is 6.92 Å². The molecule has 2 N–H and O–H groups in total. The third-order valence-corrected chi connectivity index (χ3v) is 4.30. The molecule has 0 heterocycles. The van der Waals surface area contributed by atoms with Crippen LogP contribution in [0.15, 0.2) is 30.3 Å². The van der Waals surface area contributed by atoms with Gasteiger partial charge < -0.3 is 10.4 Å². The van der Waals surface area contributed by atoms with Crippen molar-refractivity contribution in [1.82, 2.24) is 10.2 Å². The molecule has 0 aromatic heterocycles. The Bertz CT molecular complexity index is 518. The van der Waals surface area contributed by atoms with Gasteiger partial charge in [0.1, 0.15) is 6.04 Å². The van der Waals surface area contributed by atoms with Gasteiger partial charge in [-0.2, -0.15) is 0 Å². The maximum Gasteiger partial charge on any atom is 0.320 e. The zero-order chi connectivity index (χ0) is 16.1. The highest BCUT2D eigenvalue weighted by molar-refractivity contribution is 5.73. The highest BCUT2D eigenvalue weighted by Crippen LogP contribution is 2.47. The SMILES string of the molecule is CC(=O)NCCN(CC1CC1c1ccccc1)C(C)C(=O)O. The predicted octanol–water partition coefficient (Wildman–Crippen LogP) is 1.70. The Morgan fingerprint density at radius 3 is 2.64 bits per heavy atom. The fourth-order valence-corrected chi connectivity index (χ4v) is 2.83. The zero-order valence-corrected chi connectivity index (χ0v) is 13.2. The summed E-state index contributed by atoms with van der Waals surface area (Å²) in [6.07, 6.45) is 1.10. The number of rotatable bonds is 8. The number of carboxylic acids is 1. The van der Waals surface area contributed by atoms with E-state index in [4.69, 9.17) is 0 Å². The van der Waals surface area contributed by atoms with E-state index in [1.807, 2.05) is 23.1 Å². The largest absolute Gasteiger partial charge is 0.480 e. The predicted molar refractivity (Wildman–Crippen MR) is 84.6 cm³/mol. The number of aliphatic carboxylic acids is 1. The summed E-state index contributed by atoms with van der Waals surface area (Å²) in [5, 5.41) is 12.0. The highest BCUT2D eigenvalue weighted by Gasteiger charge is 2.40. The lowest BCUT2D eigenvalue weighted by Crippen LogP contribution is -2.44. The quantitative estimate of drug-likeness (QED) is 0.767. The summed E-state index contributed by atoms with van der Waals surface area (Å²) in [5.74, 6) is 0.128. The Kier molecular flexibility index (Phi) is 5.55. The van der Waals surface area contributed by atoms with Gasteiger partial charge in [0, 0.05) is 26.6 Å². The monoisotopic (exact) mass is 304 g/mol. The van der Waals surface area contributed by atoms with Gasteiger partial charge in [-0.1, -0.05) is 30.3 Å². The first-order valence-corrected chi connectivity index (χ1v) is 7.75. The second kappa shape index (κ2) is 7.40. The molecule has 0 aliphatic heterocycles. The van der Waals surface area contributed by atoms with Crippen LogP contribution in [0, 0.1) is 5.92 Å². The molecule has 120 valence electrons. The summed E-state index contributed by atoms with van der Waals surface area (Å²) in [7, 11) is 0. The van der Waals surface area contributed by atoms with E-state index in [-0.39, 0.29) is 5.91 Å². The lowest BCUT2D eigenvalue weighted by molar-refractivity contribution is -0.142. The van der Waals surface area contributed by atoms with Gasteiger partial charge in [0.05, 0.1) is 0 Å². The van der Waals surface area contributed by atoms with Crippen LogP contribution in [0.3, 0.4) is 0 Å². The standard InChI is InChI=1S/C17H24N2O3/c1-12(17(21)22)19(9-8-18-13(2)20)11-15-10-16(15)14-6-4-3-5-7-14/h3-7,12,15-16H,8-11H2,1-2H3,(H,18,20)(H,21,22). The molecule has 2 rings (SSSR count). The zero-order valence-electron chi connectivity index (χ0n) is 13.2. The molecule has 1 aromatic carbocycles. The fourth-order valence-electron chi connectivity index (χ4n) is 2.83. The maximum absolute atomic E-state index is 11.3. The number of nitrogens with zero attached hydrogens (tertiary/aromatic N) is 1. The van der Waals surface area contributed by atoms with Crippen molar-refractivity contribution >= 4 is 11.9 Å². The minimum atomic E-state index is -0.820. The average molecular weight is 304 g/mol. The second-order valence-electron chi connectivity index (χ2n) is 6.01. The Morgan fingerprint density at radius 1 is 1.36 bits per heavy atom. The maximum atomic E-state index is 11.3. The molecular weight excluding hydrogens is 280 g/mol. The number of carboxylic acid groups (broad SMARTS) is 1. The van der Waals surface area contributed by atoms with Crippen LogP contribution in [0.5, 0.6) is 0 Å². The van der Waals surface area contributed by atoms with E-state index < -0.39 is 12.0 Å². The van der Waals surface area contributed by atoms with Crippen molar-refractivity contribution < 1.29 is 14.7 Å². The molecule has 0 bridgehead atoms. The molecule has 5 nitrogen and oxygen atoms in total. The van der Waals surface area contributed by atoms with Gasteiger partial charge in [-0.15, -0.1) is 0 Å². The van der Waals surface area contributed by atoms with Gasteiger partial charge in [-0.25, -0.2) is 0 Å². The van der Waals surface area contributed by atoms with E-state index >= 15 is 0 Å². The highest BCUT2D eigenvalue weighted by atomic mass is 16.4. The third-order valence-electron chi connectivity index (χ3n) is 4.30. The molecule has 1 aliphatic carbocycles. The van der Waals surface area contributed by atoms with Crippen LogP contribution in [0.1, 0.15) is 31.7 Å². The van der Waals surface area contributed by atoms with Crippen molar-refractivity contribution in [3.8, 4) is 0 Å². The van der Waals surface area contributed by atoms with Gasteiger partial charge in [-0.3, -0.25) is 14.5 Å². The van der Waals surface area contributed by atoms with Crippen LogP contribution < -0.4 is 5.32 Å². The minimum Gasteiger partial charge on any atom is -0.480 e. The Balaban J connectivity index is 1.90. The van der Waals surface area contributed by atoms with Crippen molar-refractivity contribution in [3.05, 3.63) is 35.9 Å². The van der Waals surface area contributed by atoms with Gasteiger partial charge in [0.25, 0.3) is 0 Å². The molecule has 1 aliphatic rings. The molecule has 1 aromatic rings. The lowest BCUT2D eigenvalue weighted by atomic mass is 10.1. The molecule has 3 unspecified atom stereocenters. The van der Waals surface area contributed by atoms with Gasteiger partial charge >= 0.3 is 5.97 Å². The number of amides is 1. The summed E-state index contributed by atoms with van der Waals surface area (Å²) in [6, 6.07) is 9.82. The number of benzene rings is 1. The summed E-state index contributed by atoms with van der Waals surface area (Å²) in [4.78, 5) is 24.2. The molecule has 0 radical (unpaired) electrons. The van der Waals surface area contributed by atoms with Crippen molar-refractivity contribution in [1.29, 1.82) is 0 Å². The normalized spacial score (nSPS) is 21.4. The van der Waals surface area contributed by atoms with Crippen LogP contribution in [-0.4, -0.2) is 47.6 Å². The Morgan fingerprint density at radius 2 is 2.05 bits per heavy atom. The number of carbonyl (C=O) groups excluding carboxylic acids is 1. The van der Waals surface area contributed by atoms with E-state index in [0.29, 0.717) is 24.9 Å². The summed E-state index contributed by atoms with van der Waals surface area (Å²) in [6.45, 7) is 4.97. The van der Waals surface area contributed by atoms with Crippen LogP contribution >= 0.6 is 0 Å². The number of nitrogens with one attached hydrogen (secondary N) is 1. The van der Waals surface area contributed by atoms with Crippen LogP contribution in [0.2, 0.25) is 0 Å².